The van der Waals surface area contributed by atoms with Crippen LogP contribution in [-0.4, -0.2) is 25.1 Å². The molecule has 0 bridgehead atoms. The van der Waals surface area contributed by atoms with Crippen LogP contribution in [0.5, 0.6) is 0 Å². The van der Waals surface area contributed by atoms with Crippen molar-refractivity contribution in [3.8, 4) is 5.69 Å². The Morgan fingerprint density at radius 1 is 1.19 bits per heavy atom. The zero-order valence-corrected chi connectivity index (χ0v) is 11.0. The maximum Gasteiger partial charge on any atom is 0.248 e. The van der Waals surface area contributed by atoms with Crippen molar-refractivity contribution < 1.29 is 4.79 Å². The number of hydrogen-bond donors (Lipinski definition) is 1. The zero-order chi connectivity index (χ0) is 14.4. The molecule has 0 saturated heterocycles. The van der Waals surface area contributed by atoms with Gasteiger partial charge in [-0.2, -0.15) is 5.10 Å². The molecule has 1 aromatic carbocycles. The van der Waals surface area contributed by atoms with E-state index in [1.807, 2.05) is 39.7 Å². The summed E-state index contributed by atoms with van der Waals surface area (Å²) in [6.45, 7) is 0. The van der Waals surface area contributed by atoms with Gasteiger partial charge in [0.1, 0.15) is 5.65 Å². The molecule has 3 aromatic heterocycles. The maximum absolute atomic E-state index is 11.2. The van der Waals surface area contributed by atoms with Crippen LogP contribution in [0.3, 0.4) is 0 Å². The summed E-state index contributed by atoms with van der Waals surface area (Å²) in [5.41, 5.74) is 8.49. The molecule has 1 amide bonds. The molecule has 4 rings (SSSR count). The second-order valence-corrected chi connectivity index (χ2v) is 4.77. The Balaban J connectivity index is 1.91. The molecule has 2 N–H and O–H groups in total. The van der Waals surface area contributed by atoms with Gasteiger partial charge in [-0.15, -0.1) is 0 Å². The third-order valence-corrected chi connectivity index (χ3v) is 3.47. The minimum atomic E-state index is -0.440. The lowest BCUT2D eigenvalue weighted by Gasteiger charge is -2.05. The van der Waals surface area contributed by atoms with Crippen molar-refractivity contribution in [3.05, 3.63) is 60.7 Å². The smallest absolute Gasteiger partial charge is 0.248 e. The lowest BCUT2D eigenvalue weighted by Crippen LogP contribution is -2.10. The van der Waals surface area contributed by atoms with E-state index in [-0.39, 0.29) is 0 Å². The fraction of sp³-hybridized carbons (Fsp3) is 0. The number of primary amides is 1. The minimum absolute atomic E-state index is 0.440. The Kier molecular flexibility index (Phi) is 2.32. The molecule has 102 valence electrons. The summed E-state index contributed by atoms with van der Waals surface area (Å²) in [7, 11) is 0. The number of nitrogens with two attached hydrogens (primary N) is 1. The maximum atomic E-state index is 11.2. The van der Waals surface area contributed by atoms with Gasteiger partial charge in [-0.25, -0.2) is 9.67 Å². The Labute approximate surface area is 119 Å². The van der Waals surface area contributed by atoms with Gasteiger partial charge < -0.3 is 10.1 Å². The van der Waals surface area contributed by atoms with Gasteiger partial charge in [-0.1, -0.05) is 0 Å². The third-order valence-electron chi connectivity index (χ3n) is 3.47. The average molecular weight is 277 g/mol. The highest BCUT2D eigenvalue weighted by molar-refractivity contribution is 5.97. The van der Waals surface area contributed by atoms with Crippen molar-refractivity contribution in [3.63, 3.8) is 0 Å². The van der Waals surface area contributed by atoms with Gasteiger partial charge in [0.25, 0.3) is 0 Å². The van der Waals surface area contributed by atoms with E-state index in [1.54, 1.807) is 24.5 Å². The summed E-state index contributed by atoms with van der Waals surface area (Å²) in [6, 6.07) is 9.19. The molecule has 6 nitrogen and oxygen atoms in total. The van der Waals surface area contributed by atoms with Crippen molar-refractivity contribution in [1.82, 2.24) is 19.2 Å². The molecule has 0 aliphatic rings. The van der Waals surface area contributed by atoms with E-state index >= 15 is 0 Å². The second kappa shape index (κ2) is 4.17. The van der Waals surface area contributed by atoms with E-state index in [2.05, 4.69) is 10.1 Å². The summed E-state index contributed by atoms with van der Waals surface area (Å²) >= 11 is 0. The molecular weight excluding hydrogens is 266 g/mol. The lowest BCUT2D eigenvalue weighted by atomic mass is 10.1. The van der Waals surface area contributed by atoms with Crippen LogP contribution >= 0.6 is 0 Å². The van der Waals surface area contributed by atoms with Crippen LogP contribution in [-0.2, 0) is 0 Å². The highest BCUT2D eigenvalue weighted by Gasteiger charge is 2.08. The molecule has 0 fully saturated rings. The molecule has 0 aliphatic carbocycles. The molecule has 21 heavy (non-hydrogen) atoms. The number of rotatable bonds is 2. The normalized spacial score (nSPS) is 11.2. The Morgan fingerprint density at radius 2 is 2.10 bits per heavy atom. The fourth-order valence-electron chi connectivity index (χ4n) is 2.43. The average Bonchev–Trinajstić information content (AvgIpc) is 3.12. The number of carbonyl (C=O) groups excluding carboxylic acids is 1. The van der Waals surface area contributed by atoms with Crippen LogP contribution in [0.1, 0.15) is 10.4 Å². The first kappa shape index (κ1) is 11.7. The number of pyridine rings is 1. The van der Waals surface area contributed by atoms with Gasteiger partial charge in [0.2, 0.25) is 5.91 Å². The predicted molar refractivity (Wildman–Crippen MR) is 78.3 cm³/mol. The number of nitrogens with zero attached hydrogens (tertiary/aromatic N) is 4. The molecule has 0 spiro atoms. The number of fused-ring (bicyclic) bond motifs is 2. The zero-order valence-electron chi connectivity index (χ0n) is 11.0. The number of hydrogen-bond acceptors (Lipinski definition) is 3. The first-order valence-corrected chi connectivity index (χ1v) is 6.43. The molecule has 0 aliphatic heterocycles. The van der Waals surface area contributed by atoms with Gasteiger partial charge in [-0.05, 0) is 30.3 Å². The quantitative estimate of drug-likeness (QED) is 0.606. The summed E-state index contributed by atoms with van der Waals surface area (Å²) in [4.78, 5) is 15.4. The number of amides is 1. The lowest BCUT2D eigenvalue weighted by molar-refractivity contribution is 0.100. The van der Waals surface area contributed by atoms with Crippen LogP contribution in [0.15, 0.2) is 55.1 Å². The van der Waals surface area contributed by atoms with Crippen molar-refractivity contribution in [2.75, 3.05) is 0 Å². The largest absolute Gasteiger partial charge is 0.366 e. The number of carbonyl (C=O) groups is 1. The van der Waals surface area contributed by atoms with E-state index in [9.17, 15) is 4.79 Å². The Morgan fingerprint density at radius 3 is 2.95 bits per heavy atom. The number of aromatic nitrogens is 4. The SMILES string of the molecule is NC(=O)c1ccc2c(cnn2-c2ccc3nccn3c2)c1. The van der Waals surface area contributed by atoms with E-state index in [0.29, 0.717) is 5.56 Å². The van der Waals surface area contributed by atoms with Crippen LogP contribution < -0.4 is 5.73 Å². The molecule has 6 heteroatoms. The van der Waals surface area contributed by atoms with Crippen molar-refractivity contribution in [1.29, 1.82) is 0 Å². The van der Waals surface area contributed by atoms with Gasteiger partial charge in [0.15, 0.2) is 0 Å². The second-order valence-electron chi connectivity index (χ2n) is 4.77. The van der Waals surface area contributed by atoms with E-state index in [1.165, 1.54) is 0 Å². The fourth-order valence-corrected chi connectivity index (χ4v) is 2.43. The van der Waals surface area contributed by atoms with Gasteiger partial charge in [0, 0.05) is 29.5 Å². The van der Waals surface area contributed by atoms with Gasteiger partial charge in [-0.3, -0.25) is 4.79 Å². The highest BCUT2D eigenvalue weighted by atomic mass is 16.1. The standard InChI is InChI=1S/C15H11N5O/c16-15(21)10-1-3-13-11(7-10)8-18-20(13)12-2-4-14-17-5-6-19(14)9-12/h1-9H,(H2,16,21). The van der Waals surface area contributed by atoms with Crippen molar-refractivity contribution >= 4 is 22.5 Å². The summed E-state index contributed by atoms with van der Waals surface area (Å²) < 4.78 is 3.75. The molecule has 4 aromatic rings. The van der Waals surface area contributed by atoms with Crippen molar-refractivity contribution in [2.24, 2.45) is 5.73 Å². The van der Waals surface area contributed by atoms with Crippen LogP contribution in [0.4, 0.5) is 0 Å². The molecule has 0 radical (unpaired) electrons. The van der Waals surface area contributed by atoms with Gasteiger partial charge in [0.05, 0.1) is 17.4 Å². The summed E-state index contributed by atoms with van der Waals surface area (Å²) in [6.07, 6.45) is 7.31. The number of benzene rings is 1. The van der Waals surface area contributed by atoms with E-state index < -0.39 is 5.91 Å². The van der Waals surface area contributed by atoms with Crippen molar-refractivity contribution in [2.45, 2.75) is 0 Å². The summed E-state index contributed by atoms with van der Waals surface area (Å²) in [5.74, 6) is -0.440. The molecule has 0 unspecified atom stereocenters. The molecule has 3 heterocycles. The number of imidazole rings is 1. The van der Waals surface area contributed by atoms with E-state index in [4.69, 9.17) is 5.73 Å². The van der Waals surface area contributed by atoms with Crippen LogP contribution in [0.2, 0.25) is 0 Å². The monoisotopic (exact) mass is 277 g/mol. The predicted octanol–water partition coefficient (Wildman–Crippen LogP) is 1.77. The Hall–Kier alpha value is -3.15. The first-order valence-electron chi connectivity index (χ1n) is 6.43. The van der Waals surface area contributed by atoms with Gasteiger partial charge >= 0.3 is 0 Å². The highest BCUT2D eigenvalue weighted by Crippen LogP contribution is 2.20. The topological polar surface area (TPSA) is 78.2 Å². The van der Waals surface area contributed by atoms with E-state index in [0.717, 1.165) is 22.2 Å². The third kappa shape index (κ3) is 1.77. The minimum Gasteiger partial charge on any atom is -0.366 e. The van der Waals surface area contributed by atoms with Crippen LogP contribution in [0, 0.1) is 0 Å². The molecule has 0 atom stereocenters. The molecule has 0 saturated carbocycles. The summed E-state index contributed by atoms with van der Waals surface area (Å²) in [5, 5.41) is 5.26. The van der Waals surface area contributed by atoms with Crippen LogP contribution in [0.25, 0.3) is 22.2 Å². The Bertz CT molecular complexity index is 982. The molecular formula is C15H11N5O. The first-order chi connectivity index (χ1) is 10.2.